The van der Waals surface area contributed by atoms with Crippen molar-refractivity contribution in [1.82, 2.24) is 5.32 Å². The fourth-order valence-electron chi connectivity index (χ4n) is 2.37. The molecule has 1 heterocycles. The van der Waals surface area contributed by atoms with E-state index in [1.54, 1.807) is 7.11 Å². The van der Waals surface area contributed by atoms with E-state index in [4.69, 9.17) is 21.1 Å². The van der Waals surface area contributed by atoms with Crippen LogP contribution in [-0.4, -0.2) is 26.9 Å². The molecule has 3 nitrogen and oxygen atoms in total. The number of halogens is 1. The summed E-state index contributed by atoms with van der Waals surface area (Å²) in [5.41, 5.74) is 2.42. The zero-order chi connectivity index (χ0) is 13.5. The first-order valence-electron chi connectivity index (χ1n) is 6.95. The predicted octanol–water partition coefficient (Wildman–Crippen LogP) is 3.18. The number of ether oxygens (including phenoxy) is 2. The molecule has 4 heteroatoms. The Morgan fingerprint density at radius 2 is 2.21 bits per heavy atom. The van der Waals surface area contributed by atoms with Crippen molar-refractivity contribution >= 4 is 11.6 Å². The van der Waals surface area contributed by atoms with E-state index in [0.29, 0.717) is 0 Å². The van der Waals surface area contributed by atoms with Gasteiger partial charge in [0.2, 0.25) is 0 Å². The molecule has 0 amide bonds. The summed E-state index contributed by atoms with van der Waals surface area (Å²) in [6.07, 6.45) is 4.48. The summed E-state index contributed by atoms with van der Waals surface area (Å²) < 4.78 is 10.7. The van der Waals surface area contributed by atoms with Gasteiger partial charge in [-0.25, -0.2) is 0 Å². The van der Waals surface area contributed by atoms with Crippen LogP contribution < -0.4 is 10.1 Å². The summed E-state index contributed by atoms with van der Waals surface area (Å²) in [6, 6.07) is 4.02. The molecule has 0 spiro atoms. The lowest BCUT2D eigenvalue weighted by Gasteiger charge is -2.10. The molecule has 1 aliphatic heterocycles. The van der Waals surface area contributed by atoms with E-state index >= 15 is 0 Å². The topological polar surface area (TPSA) is 30.5 Å². The molecular weight excluding hydrogens is 262 g/mol. The van der Waals surface area contributed by atoms with E-state index in [2.05, 4.69) is 5.32 Å². The van der Waals surface area contributed by atoms with Gasteiger partial charge >= 0.3 is 0 Å². The fraction of sp³-hybridized carbons (Fsp3) is 0.600. The molecule has 2 rings (SSSR count). The highest BCUT2D eigenvalue weighted by Crippen LogP contribution is 2.32. The summed E-state index contributed by atoms with van der Waals surface area (Å²) in [5, 5.41) is 4.26. The van der Waals surface area contributed by atoms with E-state index in [-0.39, 0.29) is 0 Å². The average Bonchev–Trinajstić information content (AvgIpc) is 2.85. The predicted molar refractivity (Wildman–Crippen MR) is 78.1 cm³/mol. The van der Waals surface area contributed by atoms with Gasteiger partial charge in [0.25, 0.3) is 0 Å². The molecule has 0 saturated carbocycles. The smallest absolute Gasteiger partial charge is 0.127 e. The van der Waals surface area contributed by atoms with Crippen LogP contribution in [0.25, 0.3) is 0 Å². The number of fused-ring (bicyclic) bond motifs is 1. The quantitative estimate of drug-likeness (QED) is 0.743. The summed E-state index contributed by atoms with van der Waals surface area (Å²) in [7, 11) is 1.75. The van der Waals surface area contributed by atoms with Crippen molar-refractivity contribution < 1.29 is 9.47 Å². The average molecular weight is 284 g/mol. The minimum atomic E-state index is 0.777. The molecule has 0 saturated heterocycles. The van der Waals surface area contributed by atoms with Crippen molar-refractivity contribution in [3.8, 4) is 5.75 Å². The molecule has 19 heavy (non-hydrogen) atoms. The summed E-state index contributed by atoms with van der Waals surface area (Å²) in [5.74, 6) is 1.04. The Morgan fingerprint density at radius 3 is 3.05 bits per heavy atom. The lowest BCUT2D eigenvalue weighted by atomic mass is 10.1. The van der Waals surface area contributed by atoms with Crippen molar-refractivity contribution in [2.75, 3.05) is 26.9 Å². The highest BCUT2D eigenvalue weighted by atomic mass is 35.5. The zero-order valence-electron chi connectivity index (χ0n) is 11.5. The Balaban J connectivity index is 1.74. The third-order valence-corrected chi connectivity index (χ3v) is 3.56. The van der Waals surface area contributed by atoms with Crippen LogP contribution in [0.1, 0.15) is 30.4 Å². The number of hydrogen-bond donors (Lipinski definition) is 1. The van der Waals surface area contributed by atoms with Gasteiger partial charge in [-0.3, -0.25) is 0 Å². The Hall–Kier alpha value is -0.770. The van der Waals surface area contributed by atoms with Gasteiger partial charge in [-0.2, -0.15) is 0 Å². The van der Waals surface area contributed by atoms with Gasteiger partial charge in [0.1, 0.15) is 5.75 Å². The molecule has 0 atom stereocenters. The highest BCUT2D eigenvalue weighted by Gasteiger charge is 2.16. The third kappa shape index (κ3) is 4.37. The van der Waals surface area contributed by atoms with E-state index in [0.717, 1.165) is 49.9 Å². The van der Waals surface area contributed by atoms with Crippen LogP contribution in [0.4, 0.5) is 0 Å². The molecule has 0 radical (unpaired) electrons. The molecule has 1 N–H and O–H groups in total. The second-order valence-electron chi connectivity index (χ2n) is 4.88. The standard InChI is InChI=1S/C15H22ClNO2/c1-18-7-4-2-3-6-17-11-13-10-14(16)9-12-5-8-19-15(12)13/h9-10,17H,2-8,11H2,1H3. The Labute approximate surface area is 120 Å². The molecule has 0 aromatic heterocycles. The van der Waals surface area contributed by atoms with Crippen LogP contribution in [0.5, 0.6) is 5.75 Å². The van der Waals surface area contributed by atoms with Crippen LogP contribution in [0.15, 0.2) is 12.1 Å². The van der Waals surface area contributed by atoms with E-state index in [9.17, 15) is 0 Å². The molecule has 0 aliphatic carbocycles. The van der Waals surface area contributed by atoms with Crippen LogP contribution in [0, 0.1) is 0 Å². The lowest BCUT2D eigenvalue weighted by molar-refractivity contribution is 0.192. The van der Waals surface area contributed by atoms with Crippen LogP contribution in [-0.2, 0) is 17.7 Å². The largest absolute Gasteiger partial charge is 0.493 e. The van der Waals surface area contributed by atoms with Gasteiger partial charge in [-0.05, 0) is 43.5 Å². The van der Waals surface area contributed by atoms with Gasteiger partial charge in [0, 0.05) is 37.3 Å². The van der Waals surface area contributed by atoms with Crippen molar-refractivity contribution in [3.05, 3.63) is 28.3 Å². The second kappa shape index (κ2) is 7.73. The second-order valence-corrected chi connectivity index (χ2v) is 5.32. The zero-order valence-corrected chi connectivity index (χ0v) is 12.3. The fourth-order valence-corrected chi connectivity index (χ4v) is 2.64. The van der Waals surface area contributed by atoms with Crippen LogP contribution >= 0.6 is 11.6 Å². The molecule has 0 fully saturated rings. The lowest BCUT2D eigenvalue weighted by Crippen LogP contribution is -2.15. The summed E-state index contributed by atoms with van der Waals surface area (Å²) in [6.45, 7) is 3.48. The summed E-state index contributed by atoms with van der Waals surface area (Å²) >= 11 is 6.13. The normalized spacial score (nSPS) is 13.4. The van der Waals surface area contributed by atoms with E-state index < -0.39 is 0 Å². The molecule has 106 valence electrons. The van der Waals surface area contributed by atoms with Crippen molar-refractivity contribution in [3.63, 3.8) is 0 Å². The van der Waals surface area contributed by atoms with Crippen molar-refractivity contribution in [2.24, 2.45) is 0 Å². The Kier molecular flexibility index (Phi) is 5.95. The minimum absolute atomic E-state index is 0.777. The number of benzene rings is 1. The Morgan fingerprint density at radius 1 is 1.32 bits per heavy atom. The number of nitrogens with one attached hydrogen (secondary N) is 1. The van der Waals surface area contributed by atoms with Gasteiger partial charge in [-0.1, -0.05) is 11.6 Å². The number of unbranched alkanes of at least 4 members (excludes halogenated alkanes) is 2. The number of methoxy groups -OCH3 is 1. The Bertz CT molecular complexity index is 409. The minimum Gasteiger partial charge on any atom is -0.493 e. The SMILES string of the molecule is COCCCCCNCc1cc(Cl)cc2c1OCC2. The van der Waals surface area contributed by atoms with Crippen LogP contribution in [0.3, 0.4) is 0 Å². The van der Waals surface area contributed by atoms with Gasteiger partial charge in [-0.15, -0.1) is 0 Å². The van der Waals surface area contributed by atoms with Gasteiger partial charge in [0.15, 0.2) is 0 Å². The summed E-state index contributed by atoms with van der Waals surface area (Å²) in [4.78, 5) is 0. The first kappa shape index (κ1) is 14.6. The maximum absolute atomic E-state index is 6.13. The van der Waals surface area contributed by atoms with Crippen molar-refractivity contribution in [1.29, 1.82) is 0 Å². The maximum Gasteiger partial charge on any atom is 0.127 e. The maximum atomic E-state index is 6.13. The molecule has 0 unspecified atom stereocenters. The van der Waals surface area contributed by atoms with Crippen LogP contribution in [0.2, 0.25) is 5.02 Å². The monoisotopic (exact) mass is 283 g/mol. The molecule has 1 aromatic rings. The molecule has 1 aliphatic rings. The third-order valence-electron chi connectivity index (χ3n) is 3.34. The van der Waals surface area contributed by atoms with E-state index in [1.807, 2.05) is 12.1 Å². The molecular formula is C15H22ClNO2. The molecule has 1 aromatic carbocycles. The first-order valence-corrected chi connectivity index (χ1v) is 7.33. The van der Waals surface area contributed by atoms with Crippen molar-refractivity contribution in [2.45, 2.75) is 32.2 Å². The first-order chi connectivity index (χ1) is 9.31. The molecule has 0 bridgehead atoms. The number of rotatable bonds is 8. The number of hydrogen-bond acceptors (Lipinski definition) is 3. The van der Waals surface area contributed by atoms with Gasteiger partial charge < -0.3 is 14.8 Å². The highest BCUT2D eigenvalue weighted by molar-refractivity contribution is 6.30. The van der Waals surface area contributed by atoms with E-state index in [1.165, 1.54) is 24.0 Å². The van der Waals surface area contributed by atoms with Gasteiger partial charge in [0.05, 0.1) is 6.61 Å².